The van der Waals surface area contributed by atoms with E-state index in [0.29, 0.717) is 0 Å². The molecular weight excluding hydrogens is 254 g/mol. The molecule has 2 rings (SSSR count). The van der Waals surface area contributed by atoms with Crippen molar-refractivity contribution in [3.63, 3.8) is 0 Å². The molecule has 0 spiro atoms. The highest BCUT2D eigenvalue weighted by Crippen LogP contribution is 2.21. The van der Waals surface area contributed by atoms with Crippen molar-refractivity contribution in [2.75, 3.05) is 26.7 Å². The summed E-state index contributed by atoms with van der Waals surface area (Å²) in [4.78, 5) is 12.7. The monoisotopic (exact) mass is 277 g/mol. The Hall–Kier alpha value is -1.46. The maximum atomic E-state index is 10.6. The van der Waals surface area contributed by atoms with Gasteiger partial charge in [-0.25, -0.2) is 0 Å². The van der Waals surface area contributed by atoms with Gasteiger partial charge in [-0.1, -0.05) is 12.1 Å². The number of rotatable bonds is 5. The number of piperidine rings is 1. The van der Waals surface area contributed by atoms with Gasteiger partial charge < -0.3 is 10.2 Å². The first kappa shape index (κ1) is 14.9. The normalized spacial score (nSPS) is 18.9. The molecular formula is C15H23N3O2. The van der Waals surface area contributed by atoms with Gasteiger partial charge in [0.15, 0.2) is 0 Å². The molecule has 1 heterocycles. The number of nitrogens with zero attached hydrogens (tertiary/aromatic N) is 2. The van der Waals surface area contributed by atoms with Gasteiger partial charge in [-0.2, -0.15) is 0 Å². The molecule has 1 fully saturated rings. The first-order chi connectivity index (χ1) is 9.52. The minimum absolute atomic E-state index is 0.163. The number of nitro benzene ring substituents is 1. The van der Waals surface area contributed by atoms with Crippen LogP contribution in [0, 0.1) is 10.1 Å². The predicted molar refractivity (Wildman–Crippen MR) is 79.9 cm³/mol. The second-order valence-corrected chi connectivity index (χ2v) is 5.83. The van der Waals surface area contributed by atoms with E-state index >= 15 is 0 Å². The van der Waals surface area contributed by atoms with Gasteiger partial charge >= 0.3 is 0 Å². The molecule has 0 unspecified atom stereocenters. The van der Waals surface area contributed by atoms with Gasteiger partial charge in [0.05, 0.1) is 4.92 Å². The quantitative estimate of drug-likeness (QED) is 0.662. The van der Waals surface area contributed by atoms with Gasteiger partial charge in [-0.15, -0.1) is 0 Å². The number of hydrogen-bond acceptors (Lipinski definition) is 4. The summed E-state index contributed by atoms with van der Waals surface area (Å²) in [6, 6.07) is 6.90. The highest BCUT2D eigenvalue weighted by atomic mass is 16.6. The van der Waals surface area contributed by atoms with E-state index in [4.69, 9.17) is 0 Å². The molecule has 5 nitrogen and oxygen atoms in total. The average Bonchev–Trinajstić information content (AvgIpc) is 2.47. The largest absolute Gasteiger partial charge is 0.314 e. The fraction of sp³-hybridized carbons (Fsp3) is 0.600. The van der Waals surface area contributed by atoms with Crippen LogP contribution in [-0.2, 0) is 6.42 Å². The molecule has 0 aliphatic carbocycles. The third-order valence-electron chi connectivity index (χ3n) is 4.43. The van der Waals surface area contributed by atoms with Crippen molar-refractivity contribution in [3.8, 4) is 0 Å². The second kappa shape index (κ2) is 6.33. The second-order valence-electron chi connectivity index (χ2n) is 5.83. The summed E-state index contributed by atoms with van der Waals surface area (Å²) in [5.74, 6) is 0. The predicted octanol–water partition coefficient (Wildman–Crippen LogP) is 2.21. The molecule has 1 N–H and O–H groups in total. The Morgan fingerprint density at radius 2 is 1.90 bits per heavy atom. The van der Waals surface area contributed by atoms with Crippen LogP contribution >= 0.6 is 0 Å². The van der Waals surface area contributed by atoms with Crippen LogP contribution in [0.1, 0.15) is 25.3 Å². The molecule has 1 aliphatic heterocycles. The molecule has 1 saturated heterocycles. The zero-order chi connectivity index (χ0) is 14.6. The lowest BCUT2D eigenvalue weighted by Gasteiger charge is -2.39. The summed E-state index contributed by atoms with van der Waals surface area (Å²) >= 11 is 0. The zero-order valence-electron chi connectivity index (χ0n) is 12.3. The van der Waals surface area contributed by atoms with Crippen LogP contribution in [0.25, 0.3) is 0 Å². The van der Waals surface area contributed by atoms with Gasteiger partial charge in [0.2, 0.25) is 0 Å². The number of likely N-dealkylation sites (tertiary alicyclic amines) is 1. The van der Waals surface area contributed by atoms with E-state index in [1.807, 2.05) is 19.2 Å². The number of non-ortho nitro benzene ring substituents is 1. The highest BCUT2D eigenvalue weighted by Gasteiger charge is 2.27. The first-order valence-corrected chi connectivity index (χ1v) is 7.17. The number of nitro groups is 1. The molecule has 0 saturated carbocycles. The molecule has 0 amide bonds. The minimum Gasteiger partial charge on any atom is -0.314 e. The van der Waals surface area contributed by atoms with E-state index in [0.717, 1.165) is 31.6 Å². The van der Waals surface area contributed by atoms with E-state index in [-0.39, 0.29) is 16.1 Å². The third-order valence-corrected chi connectivity index (χ3v) is 4.43. The van der Waals surface area contributed by atoms with Gasteiger partial charge in [0, 0.05) is 24.2 Å². The molecule has 110 valence electrons. The van der Waals surface area contributed by atoms with Crippen LogP contribution in [-0.4, -0.2) is 42.0 Å². The zero-order valence-corrected chi connectivity index (χ0v) is 12.3. The molecule has 1 aliphatic rings. The summed E-state index contributed by atoms with van der Waals surface area (Å²) in [5.41, 5.74) is 1.61. The summed E-state index contributed by atoms with van der Waals surface area (Å²) in [7, 11) is 2.03. The summed E-state index contributed by atoms with van der Waals surface area (Å²) in [5, 5.41) is 14.0. The van der Waals surface area contributed by atoms with Crippen LogP contribution < -0.4 is 5.32 Å². The van der Waals surface area contributed by atoms with Gasteiger partial charge in [0.1, 0.15) is 0 Å². The van der Waals surface area contributed by atoms with Crippen molar-refractivity contribution in [3.05, 3.63) is 39.9 Å². The van der Waals surface area contributed by atoms with Crippen molar-refractivity contribution < 1.29 is 4.92 Å². The van der Waals surface area contributed by atoms with Gasteiger partial charge in [0.25, 0.3) is 5.69 Å². The van der Waals surface area contributed by atoms with E-state index in [1.165, 1.54) is 12.8 Å². The topological polar surface area (TPSA) is 58.4 Å². The Kier molecular flexibility index (Phi) is 4.73. The van der Waals surface area contributed by atoms with Gasteiger partial charge in [-0.3, -0.25) is 10.1 Å². The molecule has 5 heteroatoms. The van der Waals surface area contributed by atoms with Crippen LogP contribution in [0.2, 0.25) is 0 Å². The lowest BCUT2D eigenvalue weighted by Crippen LogP contribution is -2.50. The Morgan fingerprint density at radius 1 is 1.30 bits per heavy atom. The number of nitrogens with one attached hydrogen (secondary N) is 1. The van der Waals surface area contributed by atoms with Crippen molar-refractivity contribution >= 4 is 5.69 Å². The molecule has 0 aromatic heterocycles. The molecule has 1 aromatic carbocycles. The van der Waals surface area contributed by atoms with Crippen LogP contribution in [0.3, 0.4) is 0 Å². The Morgan fingerprint density at radius 3 is 2.40 bits per heavy atom. The minimum atomic E-state index is -0.354. The lowest BCUT2D eigenvalue weighted by molar-refractivity contribution is -0.384. The van der Waals surface area contributed by atoms with Crippen LogP contribution in [0.5, 0.6) is 0 Å². The maximum Gasteiger partial charge on any atom is 0.269 e. The standard InChI is InChI=1S/C15H23N3O2/c1-15(16-2)8-11-17(12-9-15)10-7-13-3-5-14(6-4-13)18(19)20/h3-6,16H,7-12H2,1-2H3. The van der Waals surface area contributed by atoms with Gasteiger partial charge in [-0.05, 0) is 51.9 Å². The molecule has 0 atom stereocenters. The van der Waals surface area contributed by atoms with Crippen molar-refractivity contribution in [1.29, 1.82) is 0 Å². The van der Waals surface area contributed by atoms with E-state index in [9.17, 15) is 10.1 Å². The summed E-state index contributed by atoms with van der Waals surface area (Å²) < 4.78 is 0. The third kappa shape index (κ3) is 3.77. The Labute approximate surface area is 120 Å². The van der Waals surface area contributed by atoms with Crippen molar-refractivity contribution in [2.24, 2.45) is 0 Å². The van der Waals surface area contributed by atoms with E-state index in [2.05, 4.69) is 17.1 Å². The smallest absolute Gasteiger partial charge is 0.269 e. The molecule has 1 aromatic rings. The lowest BCUT2D eigenvalue weighted by atomic mass is 9.90. The summed E-state index contributed by atoms with van der Waals surface area (Å²) in [6.07, 6.45) is 3.29. The SMILES string of the molecule is CNC1(C)CCN(CCc2ccc([N+](=O)[O-])cc2)CC1. The number of benzene rings is 1. The average molecular weight is 277 g/mol. The van der Waals surface area contributed by atoms with Crippen molar-refractivity contribution in [1.82, 2.24) is 10.2 Å². The Bertz CT molecular complexity index is 451. The fourth-order valence-corrected chi connectivity index (χ4v) is 2.59. The van der Waals surface area contributed by atoms with Crippen LogP contribution in [0.4, 0.5) is 5.69 Å². The molecule has 0 radical (unpaired) electrons. The fourth-order valence-electron chi connectivity index (χ4n) is 2.59. The van der Waals surface area contributed by atoms with E-state index < -0.39 is 0 Å². The van der Waals surface area contributed by atoms with E-state index in [1.54, 1.807) is 12.1 Å². The molecule has 20 heavy (non-hydrogen) atoms. The maximum absolute atomic E-state index is 10.6. The van der Waals surface area contributed by atoms with Crippen molar-refractivity contribution in [2.45, 2.75) is 31.7 Å². The number of hydrogen-bond donors (Lipinski definition) is 1. The summed E-state index contributed by atoms with van der Waals surface area (Å²) in [6.45, 7) is 5.53. The Balaban J connectivity index is 1.80. The molecule has 0 bridgehead atoms. The highest BCUT2D eigenvalue weighted by molar-refractivity contribution is 5.32. The first-order valence-electron chi connectivity index (χ1n) is 7.17. The van der Waals surface area contributed by atoms with Crippen LogP contribution in [0.15, 0.2) is 24.3 Å².